The van der Waals surface area contributed by atoms with Gasteiger partial charge in [-0.15, -0.1) is 0 Å². The molecule has 3 rings (SSSR count). The van der Waals surface area contributed by atoms with Crippen molar-refractivity contribution in [2.45, 2.75) is 38.0 Å². The monoisotopic (exact) mass is 362 g/mol. The van der Waals surface area contributed by atoms with Crippen molar-refractivity contribution in [3.8, 4) is 12.1 Å². The van der Waals surface area contributed by atoms with E-state index in [0.717, 1.165) is 31.9 Å². The smallest absolute Gasteiger partial charge is 0.421 e. The maximum absolute atomic E-state index is 13.4. The molecule has 5 nitrogen and oxygen atoms in total. The van der Waals surface area contributed by atoms with Crippen LogP contribution >= 0.6 is 0 Å². The van der Waals surface area contributed by atoms with Gasteiger partial charge in [0.2, 0.25) is 0 Å². The zero-order valence-electron chi connectivity index (χ0n) is 14.1. The van der Waals surface area contributed by atoms with E-state index in [0.29, 0.717) is 11.3 Å². The van der Waals surface area contributed by atoms with Crippen LogP contribution in [-0.2, 0) is 6.18 Å². The van der Waals surface area contributed by atoms with E-state index in [9.17, 15) is 13.2 Å². The molecule has 0 saturated heterocycles. The highest BCUT2D eigenvalue weighted by molar-refractivity contribution is 5.64. The maximum Gasteiger partial charge on any atom is 0.421 e. The minimum Gasteiger partial charge on any atom is -0.460 e. The van der Waals surface area contributed by atoms with Crippen molar-refractivity contribution in [2.75, 3.05) is 11.9 Å². The van der Waals surface area contributed by atoms with E-state index >= 15 is 0 Å². The molecule has 0 bridgehead atoms. The van der Waals surface area contributed by atoms with E-state index in [1.165, 1.54) is 18.0 Å². The van der Waals surface area contributed by atoms with Crippen LogP contribution in [-0.4, -0.2) is 23.1 Å². The van der Waals surface area contributed by atoms with Crippen molar-refractivity contribution >= 4 is 11.5 Å². The fourth-order valence-electron chi connectivity index (χ4n) is 2.93. The van der Waals surface area contributed by atoms with E-state index < -0.39 is 11.7 Å². The van der Waals surface area contributed by atoms with Crippen LogP contribution in [0.1, 0.15) is 36.8 Å². The Balaban J connectivity index is 1.99. The highest BCUT2D eigenvalue weighted by Crippen LogP contribution is 2.38. The van der Waals surface area contributed by atoms with Crippen molar-refractivity contribution in [3.63, 3.8) is 0 Å². The first-order chi connectivity index (χ1) is 12.4. The predicted octanol–water partition coefficient (Wildman–Crippen LogP) is 4.46. The van der Waals surface area contributed by atoms with E-state index in [1.807, 2.05) is 6.07 Å². The Kier molecular flexibility index (Phi) is 4.98. The average molecular weight is 362 g/mol. The molecule has 0 amide bonds. The quantitative estimate of drug-likeness (QED) is 0.804. The maximum atomic E-state index is 13.4. The number of nitrogens with zero attached hydrogens (tertiary/aromatic N) is 4. The van der Waals surface area contributed by atoms with Gasteiger partial charge in [-0.25, -0.2) is 4.98 Å². The first kappa shape index (κ1) is 18.0. The number of rotatable bonds is 4. The molecule has 0 spiro atoms. The number of anilines is 2. The summed E-state index contributed by atoms with van der Waals surface area (Å²) in [5.41, 5.74) is -0.194. The van der Waals surface area contributed by atoms with E-state index in [2.05, 4.69) is 9.97 Å². The fraction of sp³-hybridized carbons (Fsp3) is 0.389. The van der Waals surface area contributed by atoms with Gasteiger partial charge in [0.1, 0.15) is 11.7 Å². The lowest BCUT2D eigenvalue weighted by molar-refractivity contribution is -0.137. The zero-order valence-corrected chi connectivity index (χ0v) is 14.1. The first-order valence-corrected chi connectivity index (χ1v) is 8.23. The van der Waals surface area contributed by atoms with Crippen LogP contribution < -0.4 is 9.64 Å². The SMILES string of the molecule is CN(c1cccc(C#N)c1)c1nc(OC2CCCC2)ncc1C(F)(F)F. The molecule has 136 valence electrons. The normalized spacial score (nSPS) is 14.9. The molecule has 1 fully saturated rings. The molecule has 1 aromatic heterocycles. The lowest BCUT2D eigenvalue weighted by Gasteiger charge is -2.23. The van der Waals surface area contributed by atoms with Gasteiger partial charge in [0, 0.05) is 18.9 Å². The summed E-state index contributed by atoms with van der Waals surface area (Å²) in [6.45, 7) is 0. The van der Waals surface area contributed by atoms with Gasteiger partial charge >= 0.3 is 12.2 Å². The number of alkyl halides is 3. The molecule has 1 heterocycles. The van der Waals surface area contributed by atoms with Crippen LogP contribution in [0.5, 0.6) is 6.01 Å². The van der Waals surface area contributed by atoms with Gasteiger partial charge in [0.15, 0.2) is 5.82 Å². The molecule has 2 aromatic rings. The van der Waals surface area contributed by atoms with Gasteiger partial charge in [-0.1, -0.05) is 6.07 Å². The first-order valence-electron chi connectivity index (χ1n) is 8.23. The van der Waals surface area contributed by atoms with E-state index in [1.54, 1.807) is 18.2 Å². The van der Waals surface area contributed by atoms with Gasteiger partial charge in [-0.2, -0.15) is 23.4 Å². The molecular weight excluding hydrogens is 345 g/mol. The van der Waals surface area contributed by atoms with Crippen LogP contribution in [0.25, 0.3) is 0 Å². The second kappa shape index (κ2) is 7.20. The summed E-state index contributed by atoms with van der Waals surface area (Å²) in [6, 6.07) is 8.20. The molecule has 1 aromatic carbocycles. The molecule has 1 aliphatic carbocycles. The molecule has 0 unspecified atom stereocenters. The minimum absolute atomic E-state index is 0.0631. The van der Waals surface area contributed by atoms with Crippen molar-refractivity contribution in [1.82, 2.24) is 9.97 Å². The number of nitriles is 1. The van der Waals surface area contributed by atoms with Gasteiger partial charge in [-0.05, 0) is 43.9 Å². The Labute approximate surface area is 149 Å². The standard InChI is InChI=1S/C18H17F3N4O/c1-25(13-6-4-5-12(9-13)10-22)16-15(18(19,20)21)11-23-17(24-16)26-14-7-2-3-8-14/h4-6,9,11,14H,2-3,7-8H2,1H3. The Morgan fingerprint density at radius 2 is 2.00 bits per heavy atom. The lowest BCUT2D eigenvalue weighted by Crippen LogP contribution is -2.21. The van der Waals surface area contributed by atoms with Crippen LogP contribution in [0.4, 0.5) is 24.7 Å². The van der Waals surface area contributed by atoms with Crippen molar-refractivity contribution < 1.29 is 17.9 Å². The largest absolute Gasteiger partial charge is 0.460 e. The second-order valence-corrected chi connectivity index (χ2v) is 6.13. The highest BCUT2D eigenvalue weighted by atomic mass is 19.4. The average Bonchev–Trinajstić information content (AvgIpc) is 3.13. The summed E-state index contributed by atoms with van der Waals surface area (Å²) in [5, 5.41) is 9.01. The van der Waals surface area contributed by atoms with Crippen LogP contribution in [0, 0.1) is 11.3 Å². The summed E-state index contributed by atoms with van der Waals surface area (Å²) in [6.07, 6.45) is -0.177. The summed E-state index contributed by atoms with van der Waals surface area (Å²) in [7, 11) is 1.47. The Bertz CT molecular complexity index is 826. The van der Waals surface area contributed by atoms with Gasteiger partial charge in [-0.3, -0.25) is 0 Å². The van der Waals surface area contributed by atoms with Crippen LogP contribution in [0.15, 0.2) is 30.5 Å². The summed E-state index contributed by atoms with van der Waals surface area (Å²) in [4.78, 5) is 9.06. The summed E-state index contributed by atoms with van der Waals surface area (Å²) < 4.78 is 45.9. The van der Waals surface area contributed by atoms with E-state index in [-0.39, 0.29) is 17.9 Å². The molecule has 1 aliphatic rings. The van der Waals surface area contributed by atoms with Crippen LogP contribution in [0.2, 0.25) is 0 Å². The van der Waals surface area contributed by atoms with E-state index in [4.69, 9.17) is 10.00 Å². The molecule has 1 saturated carbocycles. The predicted molar refractivity (Wildman–Crippen MR) is 89.1 cm³/mol. The van der Waals surface area contributed by atoms with Gasteiger partial charge in [0.05, 0.1) is 11.6 Å². The van der Waals surface area contributed by atoms with Crippen molar-refractivity contribution in [1.29, 1.82) is 5.26 Å². The third kappa shape index (κ3) is 3.87. The zero-order chi connectivity index (χ0) is 18.7. The van der Waals surface area contributed by atoms with Gasteiger partial charge < -0.3 is 9.64 Å². The molecule has 0 radical (unpaired) electrons. The van der Waals surface area contributed by atoms with Gasteiger partial charge in [0.25, 0.3) is 0 Å². The molecular formula is C18H17F3N4O. The number of hydrogen-bond acceptors (Lipinski definition) is 5. The third-order valence-electron chi connectivity index (χ3n) is 4.31. The number of ether oxygens (including phenoxy) is 1. The number of aromatic nitrogens is 2. The fourth-order valence-corrected chi connectivity index (χ4v) is 2.93. The molecule has 0 atom stereocenters. The number of hydrogen-bond donors (Lipinski definition) is 0. The summed E-state index contributed by atoms with van der Waals surface area (Å²) in [5.74, 6) is -0.310. The molecule has 0 N–H and O–H groups in total. The topological polar surface area (TPSA) is 62.0 Å². The Hall–Kier alpha value is -2.82. The molecule has 0 aliphatic heterocycles. The minimum atomic E-state index is -4.61. The molecule has 26 heavy (non-hydrogen) atoms. The summed E-state index contributed by atoms with van der Waals surface area (Å²) >= 11 is 0. The van der Waals surface area contributed by atoms with Crippen molar-refractivity contribution in [3.05, 3.63) is 41.6 Å². The Morgan fingerprint density at radius 1 is 1.27 bits per heavy atom. The third-order valence-corrected chi connectivity index (χ3v) is 4.31. The second-order valence-electron chi connectivity index (χ2n) is 6.13. The van der Waals surface area contributed by atoms with Crippen molar-refractivity contribution in [2.24, 2.45) is 0 Å². The van der Waals surface area contributed by atoms with Crippen LogP contribution in [0.3, 0.4) is 0 Å². The lowest BCUT2D eigenvalue weighted by atomic mass is 10.2. The number of benzene rings is 1. The Morgan fingerprint density at radius 3 is 2.65 bits per heavy atom. The number of halogens is 3. The molecule has 8 heteroatoms. The highest BCUT2D eigenvalue weighted by Gasteiger charge is 2.37.